The molecule has 0 bridgehead atoms. The number of hydrogen-bond donors (Lipinski definition) is 1. The van der Waals surface area contributed by atoms with E-state index in [9.17, 15) is 13.5 Å². The maximum absolute atomic E-state index is 13.0. The van der Waals surface area contributed by atoms with Gasteiger partial charge in [0, 0.05) is 12.6 Å². The summed E-state index contributed by atoms with van der Waals surface area (Å²) < 4.78 is 34.6. The van der Waals surface area contributed by atoms with Crippen LogP contribution in [0, 0.1) is 0 Å². The third-order valence-corrected chi connectivity index (χ3v) is 7.78. The van der Waals surface area contributed by atoms with Crippen LogP contribution in [0.15, 0.2) is 39.2 Å². The number of rotatable bonds is 5. The lowest BCUT2D eigenvalue weighted by Gasteiger charge is -2.26. The van der Waals surface area contributed by atoms with Crippen LogP contribution in [-0.2, 0) is 23.1 Å². The van der Waals surface area contributed by atoms with Crippen molar-refractivity contribution in [2.45, 2.75) is 36.7 Å². The largest absolute Gasteiger partial charge is 0.387 e. The van der Waals surface area contributed by atoms with E-state index in [4.69, 9.17) is 4.52 Å². The molecule has 3 aromatic rings. The lowest BCUT2D eigenvalue weighted by Crippen LogP contribution is -2.38. The zero-order valence-corrected chi connectivity index (χ0v) is 15.7. The molecule has 0 spiro atoms. The summed E-state index contributed by atoms with van der Waals surface area (Å²) in [6.45, 7) is 2.92. The maximum Gasteiger partial charge on any atom is 0.252 e. The maximum atomic E-state index is 13.0. The second-order valence-corrected chi connectivity index (χ2v) is 9.29. The van der Waals surface area contributed by atoms with Crippen molar-refractivity contribution in [3.05, 3.63) is 41.9 Å². The van der Waals surface area contributed by atoms with Gasteiger partial charge in [-0.25, -0.2) is 8.42 Å². The Kier molecular flexibility index (Phi) is 4.43. The summed E-state index contributed by atoms with van der Waals surface area (Å²) >= 11 is 1.16. The molecule has 1 unspecified atom stereocenters. The lowest BCUT2D eigenvalue weighted by atomic mass is 10.2. The fourth-order valence-corrected chi connectivity index (χ4v) is 5.72. The number of thiophene rings is 1. The van der Waals surface area contributed by atoms with E-state index in [-0.39, 0.29) is 10.8 Å². The molecule has 0 fully saturated rings. The highest BCUT2D eigenvalue weighted by Crippen LogP contribution is 2.33. The Morgan fingerprint density at radius 3 is 2.92 bits per heavy atom. The van der Waals surface area contributed by atoms with Crippen molar-refractivity contribution in [3.8, 4) is 10.6 Å². The molecule has 138 valence electrons. The van der Waals surface area contributed by atoms with Crippen LogP contribution in [0.25, 0.3) is 10.6 Å². The molecule has 0 amide bonds. The molecule has 0 saturated heterocycles. The van der Waals surface area contributed by atoms with Crippen molar-refractivity contribution in [2.75, 3.05) is 6.54 Å². The van der Waals surface area contributed by atoms with Crippen molar-refractivity contribution in [2.24, 2.45) is 0 Å². The van der Waals surface area contributed by atoms with E-state index in [1.54, 1.807) is 28.9 Å². The number of sulfonamides is 1. The normalized spacial score (nSPS) is 16.5. The Labute approximate surface area is 154 Å². The minimum Gasteiger partial charge on any atom is -0.387 e. The van der Waals surface area contributed by atoms with Gasteiger partial charge in [0.25, 0.3) is 10.0 Å². The predicted molar refractivity (Wildman–Crippen MR) is 94.9 cm³/mol. The standard InChI is InChI=1S/C16H18N4O4S2/c1-2-13(21)12-9-11-10-19(7-8-20(11)18-12)26(22,23)16-4-3-15(25-16)14-5-6-17-24-14/h3-6,9,13,21H,2,7-8,10H2,1H3. The average Bonchev–Trinajstić information content (AvgIpc) is 3.39. The molecule has 1 aliphatic heterocycles. The first-order valence-electron chi connectivity index (χ1n) is 8.24. The molecule has 26 heavy (non-hydrogen) atoms. The number of aliphatic hydroxyl groups is 1. The van der Waals surface area contributed by atoms with Gasteiger partial charge in [0.15, 0.2) is 5.76 Å². The first-order chi connectivity index (χ1) is 12.5. The van der Waals surface area contributed by atoms with Crippen LogP contribution in [-0.4, -0.2) is 39.3 Å². The van der Waals surface area contributed by atoms with Gasteiger partial charge >= 0.3 is 0 Å². The van der Waals surface area contributed by atoms with Gasteiger partial charge in [0.1, 0.15) is 4.21 Å². The van der Waals surface area contributed by atoms with E-state index >= 15 is 0 Å². The Bertz CT molecular complexity index is 1010. The van der Waals surface area contributed by atoms with Crippen molar-refractivity contribution in [1.29, 1.82) is 0 Å². The summed E-state index contributed by atoms with van der Waals surface area (Å²) in [5, 5.41) is 18.0. The minimum absolute atomic E-state index is 0.237. The molecular weight excluding hydrogens is 376 g/mol. The molecule has 0 saturated carbocycles. The van der Waals surface area contributed by atoms with Crippen LogP contribution in [0.1, 0.15) is 30.8 Å². The SMILES string of the molecule is CCC(O)c1cc2n(n1)CCN(S(=O)(=O)c1ccc(-c3ccno3)s1)C2. The zero-order valence-electron chi connectivity index (χ0n) is 14.1. The Morgan fingerprint density at radius 2 is 2.19 bits per heavy atom. The van der Waals surface area contributed by atoms with Crippen LogP contribution in [0.5, 0.6) is 0 Å². The topological polar surface area (TPSA) is 101 Å². The zero-order chi connectivity index (χ0) is 18.3. The monoisotopic (exact) mass is 394 g/mol. The summed E-state index contributed by atoms with van der Waals surface area (Å²) in [6.07, 6.45) is 1.47. The number of aromatic nitrogens is 3. The summed E-state index contributed by atoms with van der Waals surface area (Å²) in [6, 6.07) is 6.80. The van der Waals surface area contributed by atoms with E-state index in [2.05, 4.69) is 10.3 Å². The van der Waals surface area contributed by atoms with Gasteiger partial charge in [-0.15, -0.1) is 11.3 Å². The molecular formula is C16H18N4O4S2. The van der Waals surface area contributed by atoms with Gasteiger partial charge in [-0.2, -0.15) is 9.40 Å². The quantitative estimate of drug-likeness (QED) is 0.712. The highest BCUT2D eigenvalue weighted by Gasteiger charge is 2.31. The van der Waals surface area contributed by atoms with Gasteiger partial charge < -0.3 is 9.63 Å². The third kappa shape index (κ3) is 2.98. The van der Waals surface area contributed by atoms with Crippen LogP contribution in [0.3, 0.4) is 0 Å². The molecule has 1 aliphatic rings. The molecule has 0 radical (unpaired) electrons. The van der Waals surface area contributed by atoms with Crippen LogP contribution >= 0.6 is 11.3 Å². The van der Waals surface area contributed by atoms with Crippen molar-refractivity contribution in [1.82, 2.24) is 19.2 Å². The number of aliphatic hydroxyl groups excluding tert-OH is 1. The second-order valence-electron chi connectivity index (χ2n) is 6.04. The van der Waals surface area contributed by atoms with Gasteiger partial charge in [0.2, 0.25) is 0 Å². The van der Waals surface area contributed by atoms with Gasteiger partial charge in [-0.3, -0.25) is 4.68 Å². The van der Waals surface area contributed by atoms with Crippen molar-refractivity contribution in [3.63, 3.8) is 0 Å². The van der Waals surface area contributed by atoms with E-state index in [1.165, 1.54) is 10.5 Å². The molecule has 3 aromatic heterocycles. The van der Waals surface area contributed by atoms with Gasteiger partial charge in [0.05, 0.1) is 41.7 Å². The molecule has 4 rings (SSSR count). The molecule has 8 nitrogen and oxygen atoms in total. The first-order valence-corrected chi connectivity index (χ1v) is 10.5. The molecule has 1 N–H and O–H groups in total. The van der Waals surface area contributed by atoms with Crippen molar-refractivity contribution >= 4 is 21.4 Å². The van der Waals surface area contributed by atoms with Gasteiger partial charge in [-0.05, 0) is 24.6 Å². The molecule has 0 aromatic carbocycles. The van der Waals surface area contributed by atoms with E-state index in [0.29, 0.717) is 31.0 Å². The minimum atomic E-state index is -3.61. The highest BCUT2D eigenvalue weighted by atomic mass is 32.2. The first kappa shape index (κ1) is 17.4. The summed E-state index contributed by atoms with van der Waals surface area (Å²) in [5.74, 6) is 0.548. The number of fused-ring (bicyclic) bond motifs is 1. The van der Waals surface area contributed by atoms with E-state index in [0.717, 1.165) is 21.9 Å². The summed E-state index contributed by atoms with van der Waals surface area (Å²) in [4.78, 5) is 0.719. The Hall–Kier alpha value is -2.01. The molecule has 10 heteroatoms. The van der Waals surface area contributed by atoms with E-state index < -0.39 is 16.1 Å². The summed E-state index contributed by atoms with van der Waals surface area (Å²) in [7, 11) is -3.61. The molecule has 0 aliphatic carbocycles. The average molecular weight is 394 g/mol. The van der Waals surface area contributed by atoms with Crippen LogP contribution < -0.4 is 0 Å². The summed E-state index contributed by atoms with van der Waals surface area (Å²) in [5.41, 5.74) is 1.37. The lowest BCUT2D eigenvalue weighted by molar-refractivity contribution is 0.167. The predicted octanol–water partition coefficient (Wildman–Crippen LogP) is 2.25. The van der Waals surface area contributed by atoms with Crippen molar-refractivity contribution < 1.29 is 18.0 Å². The fourth-order valence-electron chi connectivity index (χ4n) is 2.90. The smallest absolute Gasteiger partial charge is 0.252 e. The highest BCUT2D eigenvalue weighted by molar-refractivity contribution is 7.91. The van der Waals surface area contributed by atoms with Crippen LogP contribution in [0.2, 0.25) is 0 Å². The fraction of sp³-hybridized carbons (Fsp3) is 0.375. The molecule has 1 atom stereocenters. The number of nitrogens with zero attached hydrogens (tertiary/aromatic N) is 4. The Morgan fingerprint density at radius 1 is 1.35 bits per heavy atom. The number of hydrogen-bond acceptors (Lipinski definition) is 7. The van der Waals surface area contributed by atoms with Gasteiger partial charge in [-0.1, -0.05) is 12.1 Å². The second kappa shape index (κ2) is 6.62. The third-order valence-electron chi connectivity index (χ3n) is 4.37. The van der Waals surface area contributed by atoms with Crippen LogP contribution in [0.4, 0.5) is 0 Å². The molecule has 4 heterocycles. The van der Waals surface area contributed by atoms with E-state index in [1.807, 2.05) is 6.92 Å². The Balaban J connectivity index is 1.58.